The van der Waals surface area contributed by atoms with Crippen molar-refractivity contribution < 1.29 is 4.52 Å². The van der Waals surface area contributed by atoms with Gasteiger partial charge in [0.25, 0.3) is 0 Å². The van der Waals surface area contributed by atoms with E-state index in [9.17, 15) is 0 Å². The number of hydrogen-bond donors (Lipinski definition) is 1. The van der Waals surface area contributed by atoms with Crippen LogP contribution in [-0.2, 0) is 12.0 Å². The molecule has 2 heterocycles. The second kappa shape index (κ2) is 4.63. The number of nitrogens with two attached hydrogens (primary N) is 1. The summed E-state index contributed by atoms with van der Waals surface area (Å²) in [6, 6.07) is 10.1. The summed E-state index contributed by atoms with van der Waals surface area (Å²) in [4.78, 5) is 8.92. The first kappa shape index (κ1) is 12.5. The molecule has 4 rings (SSSR count). The molecular formula is C16H16N4O. The van der Waals surface area contributed by atoms with Crippen LogP contribution in [0.25, 0.3) is 10.9 Å². The fourth-order valence-corrected chi connectivity index (χ4v) is 2.78. The Bertz CT molecular complexity index is 786. The second-order valence-corrected chi connectivity index (χ2v) is 5.69. The minimum absolute atomic E-state index is 0.376. The first-order valence-corrected chi connectivity index (χ1v) is 7.19. The lowest BCUT2D eigenvalue weighted by Crippen LogP contribution is -2.44. The minimum atomic E-state index is -0.376. The van der Waals surface area contributed by atoms with Gasteiger partial charge in [-0.2, -0.15) is 4.98 Å². The Labute approximate surface area is 122 Å². The van der Waals surface area contributed by atoms with Crippen LogP contribution in [0.15, 0.2) is 41.1 Å². The lowest BCUT2D eigenvalue weighted by molar-refractivity contribution is 0.229. The van der Waals surface area contributed by atoms with Gasteiger partial charge in [0.1, 0.15) is 0 Å². The molecule has 5 nitrogen and oxygen atoms in total. The van der Waals surface area contributed by atoms with E-state index in [1.165, 1.54) is 0 Å². The lowest BCUT2D eigenvalue weighted by Gasteiger charge is -2.34. The predicted molar refractivity (Wildman–Crippen MR) is 78.6 cm³/mol. The fourth-order valence-electron chi connectivity index (χ4n) is 2.78. The molecule has 0 aliphatic heterocycles. The van der Waals surface area contributed by atoms with Crippen molar-refractivity contribution in [1.29, 1.82) is 0 Å². The van der Waals surface area contributed by atoms with E-state index in [-0.39, 0.29) is 5.54 Å². The van der Waals surface area contributed by atoms with Gasteiger partial charge in [-0.25, -0.2) is 0 Å². The zero-order chi connectivity index (χ0) is 14.3. The van der Waals surface area contributed by atoms with E-state index in [0.29, 0.717) is 18.1 Å². The van der Waals surface area contributed by atoms with Crippen LogP contribution in [0.3, 0.4) is 0 Å². The highest BCUT2D eigenvalue weighted by molar-refractivity contribution is 5.81. The van der Waals surface area contributed by atoms with E-state index in [1.807, 2.05) is 30.3 Å². The Morgan fingerprint density at radius 2 is 2.05 bits per heavy atom. The van der Waals surface area contributed by atoms with Gasteiger partial charge in [0.05, 0.1) is 17.5 Å². The van der Waals surface area contributed by atoms with E-state index in [4.69, 9.17) is 10.3 Å². The summed E-state index contributed by atoms with van der Waals surface area (Å²) in [5.41, 5.74) is 7.91. The van der Waals surface area contributed by atoms with Crippen molar-refractivity contribution in [3.63, 3.8) is 0 Å². The highest BCUT2D eigenvalue weighted by Crippen LogP contribution is 2.37. The summed E-state index contributed by atoms with van der Waals surface area (Å²) in [5, 5.41) is 5.17. The van der Waals surface area contributed by atoms with Gasteiger partial charge in [-0.05, 0) is 30.9 Å². The van der Waals surface area contributed by atoms with Gasteiger partial charge >= 0.3 is 0 Å². The number of para-hydroxylation sites is 1. The van der Waals surface area contributed by atoms with Gasteiger partial charge in [-0.3, -0.25) is 4.98 Å². The van der Waals surface area contributed by atoms with Gasteiger partial charge in [0.2, 0.25) is 5.89 Å². The van der Waals surface area contributed by atoms with Crippen LogP contribution in [0.1, 0.15) is 36.5 Å². The number of aromatic nitrogens is 3. The molecular weight excluding hydrogens is 264 g/mol. The molecule has 1 saturated carbocycles. The Balaban J connectivity index is 1.66. The van der Waals surface area contributed by atoms with Crippen LogP contribution >= 0.6 is 0 Å². The van der Waals surface area contributed by atoms with Crippen molar-refractivity contribution in [2.75, 3.05) is 0 Å². The standard InChI is InChI=1S/C16H16N4O/c17-16(7-3-8-16)15-19-13(21-20-15)10-12-5-1-4-11-6-2-9-18-14(11)12/h1-2,4-6,9H,3,7-8,10,17H2. The molecule has 1 fully saturated rings. The number of pyridine rings is 1. The summed E-state index contributed by atoms with van der Waals surface area (Å²) >= 11 is 0. The lowest BCUT2D eigenvalue weighted by atomic mass is 9.77. The summed E-state index contributed by atoms with van der Waals surface area (Å²) in [6.45, 7) is 0. The van der Waals surface area contributed by atoms with Crippen molar-refractivity contribution in [2.45, 2.75) is 31.2 Å². The van der Waals surface area contributed by atoms with Crippen LogP contribution in [0.4, 0.5) is 0 Å². The molecule has 106 valence electrons. The maximum absolute atomic E-state index is 6.22. The monoisotopic (exact) mass is 280 g/mol. The molecule has 0 bridgehead atoms. The Kier molecular flexibility index (Phi) is 2.75. The van der Waals surface area contributed by atoms with Gasteiger partial charge in [0.15, 0.2) is 5.82 Å². The topological polar surface area (TPSA) is 77.8 Å². The van der Waals surface area contributed by atoms with Crippen molar-refractivity contribution in [1.82, 2.24) is 15.1 Å². The van der Waals surface area contributed by atoms with Crippen molar-refractivity contribution in [2.24, 2.45) is 5.73 Å². The quantitative estimate of drug-likeness (QED) is 0.797. The van der Waals surface area contributed by atoms with Crippen molar-refractivity contribution >= 4 is 10.9 Å². The fraction of sp³-hybridized carbons (Fsp3) is 0.312. The maximum atomic E-state index is 6.22. The van der Waals surface area contributed by atoms with E-state index in [2.05, 4.69) is 15.1 Å². The number of benzene rings is 1. The molecule has 0 radical (unpaired) electrons. The first-order valence-electron chi connectivity index (χ1n) is 7.19. The molecule has 21 heavy (non-hydrogen) atoms. The zero-order valence-electron chi connectivity index (χ0n) is 11.6. The molecule has 5 heteroatoms. The van der Waals surface area contributed by atoms with E-state index in [1.54, 1.807) is 6.20 Å². The van der Waals surface area contributed by atoms with Crippen LogP contribution in [0, 0.1) is 0 Å². The maximum Gasteiger partial charge on any atom is 0.231 e. The molecule has 1 aromatic carbocycles. The Morgan fingerprint density at radius 1 is 1.19 bits per heavy atom. The third kappa shape index (κ3) is 2.10. The molecule has 0 amide bonds. The summed E-state index contributed by atoms with van der Waals surface area (Å²) in [6.07, 6.45) is 5.38. The predicted octanol–water partition coefficient (Wildman–Crippen LogP) is 2.55. The van der Waals surface area contributed by atoms with E-state index in [0.717, 1.165) is 35.7 Å². The minimum Gasteiger partial charge on any atom is -0.339 e. The van der Waals surface area contributed by atoms with Gasteiger partial charge in [-0.15, -0.1) is 0 Å². The first-order chi connectivity index (χ1) is 10.2. The van der Waals surface area contributed by atoms with E-state index < -0.39 is 0 Å². The number of fused-ring (bicyclic) bond motifs is 1. The molecule has 0 unspecified atom stereocenters. The van der Waals surface area contributed by atoms with Crippen LogP contribution in [0.2, 0.25) is 0 Å². The normalized spacial score (nSPS) is 16.8. The molecule has 1 aliphatic rings. The SMILES string of the molecule is NC1(c2noc(Cc3cccc4cccnc34)n2)CCC1. The smallest absolute Gasteiger partial charge is 0.231 e. The van der Waals surface area contributed by atoms with Gasteiger partial charge in [-0.1, -0.05) is 29.4 Å². The highest BCUT2D eigenvalue weighted by Gasteiger charge is 2.38. The molecule has 0 spiro atoms. The summed E-state index contributed by atoms with van der Waals surface area (Å²) in [7, 11) is 0. The van der Waals surface area contributed by atoms with Gasteiger partial charge < -0.3 is 10.3 Å². The van der Waals surface area contributed by atoms with Crippen LogP contribution in [-0.4, -0.2) is 15.1 Å². The molecule has 0 atom stereocenters. The zero-order valence-corrected chi connectivity index (χ0v) is 11.6. The van der Waals surface area contributed by atoms with Crippen molar-refractivity contribution in [3.05, 3.63) is 53.8 Å². The molecule has 3 aromatic rings. The van der Waals surface area contributed by atoms with E-state index >= 15 is 0 Å². The molecule has 1 aliphatic carbocycles. The number of nitrogens with zero attached hydrogens (tertiary/aromatic N) is 3. The number of hydrogen-bond acceptors (Lipinski definition) is 5. The van der Waals surface area contributed by atoms with Gasteiger partial charge in [0, 0.05) is 11.6 Å². The summed E-state index contributed by atoms with van der Waals surface area (Å²) in [5.74, 6) is 1.23. The average Bonchev–Trinajstić information content (AvgIpc) is 2.94. The molecule has 2 aromatic heterocycles. The van der Waals surface area contributed by atoms with Crippen LogP contribution < -0.4 is 5.73 Å². The van der Waals surface area contributed by atoms with Crippen LogP contribution in [0.5, 0.6) is 0 Å². The number of rotatable bonds is 3. The second-order valence-electron chi connectivity index (χ2n) is 5.69. The Morgan fingerprint density at radius 3 is 2.86 bits per heavy atom. The Hall–Kier alpha value is -2.27. The third-order valence-corrected chi connectivity index (χ3v) is 4.22. The molecule has 2 N–H and O–H groups in total. The third-order valence-electron chi connectivity index (χ3n) is 4.22. The molecule has 0 saturated heterocycles. The average molecular weight is 280 g/mol. The summed E-state index contributed by atoms with van der Waals surface area (Å²) < 4.78 is 5.37. The largest absolute Gasteiger partial charge is 0.339 e. The van der Waals surface area contributed by atoms with Crippen molar-refractivity contribution in [3.8, 4) is 0 Å². The highest BCUT2D eigenvalue weighted by atomic mass is 16.5.